The van der Waals surface area contributed by atoms with E-state index in [9.17, 15) is 4.79 Å². The summed E-state index contributed by atoms with van der Waals surface area (Å²) in [7, 11) is 0. The van der Waals surface area contributed by atoms with Gasteiger partial charge < -0.3 is 4.42 Å². The molecular weight excluding hydrogens is 128 g/mol. The SMILES string of the molecule is CC=Cc1coc(C=O)c1. The topological polar surface area (TPSA) is 30.2 Å². The summed E-state index contributed by atoms with van der Waals surface area (Å²) in [5.41, 5.74) is 0.921. The zero-order valence-electron chi connectivity index (χ0n) is 5.70. The molecule has 0 saturated carbocycles. The Labute approximate surface area is 59.2 Å². The minimum Gasteiger partial charge on any atom is -0.461 e. The van der Waals surface area contributed by atoms with Crippen LogP contribution in [0.15, 0.2) is 22.8 Å². The molecule has 1 rings (SSSR count). The minimum atomic E-state index is 0.369. The van der Waals surface area contributed by atoms with Crippen LogP contribution in [-0.2, 0) is 0 Å². The molecule has 0 aliphatic heterocycles. The Morgan fingerprint density at radius 3 is 2.90 bits per heavy atom. The molecule has 0 bridgehead atoms. The maximum Gasteiger partial charge on any atom is 0.185 e. The summed E-state index contributed by atoms with van der Waals surface area (Å²) in [5, 5.41) is 0. The molecule has 2 heteroatoms. The van der Waals surface area contributed by atoms with Crippen molar-refractivity contribution in [1.82, 2.24) is 0 Å². The molecule has 2 nitrogen and oxygen atoms in total. The maximum absolute atomic E-state index is 10.1. The van der Waals surface area contributed by atoms with E-state index in [-0.39, 0.29) is 0 Å². The third kappa shape index (κ3) is 1.35. The fraction of sp³-hybridized carbons (Fsp3) is 0.125. The van der Waals surface area contributed by atoms with Gasteiger partial charge in [-0.15, -0.1) is 0 Å². The van der Waals surface area contributed by atoms with Crippen molar-refractivity contribution >= 4 is 12.4 Å². The number of hydrogen-bond donors (Lipinski definition) is 0. The average molecular weight is 136 g/mol. The second-order valence-electron chi connectivity index (χ2n) is 1.90. The van der Waals surface area contributed by atoms with Gasteiger partial charge in [0.1, 0.15) is 0 Å². The van der Waals surface area contributed by atoms with Crippen molar-refractivity contribution in [3.05, 3.63) is 29.7 Å². The van der Waals surface area contributed by atoms with Crippen LogP contribution in [0, 0.1) is 0 Å². The fourth-order valence-electron chi connectivity index (χ4n) is 0.710. The molecule has 0 amide bonds. The highest BCUT2D eigenvalue weighted by Gasteiger charge is 1.94. The van der Waals surface area contributed by atoms with Crippen LogP contribution in [0.2, 0.25) is 0 Å². The van der Waals surface area contributed by atoms with Gasteiger partial charge in [-0.1, -0.05) is 12.2 Å². The molecule has 52 valence electrons. The van der Waals surface area contributed by atoms with Crippen LogP contribution in [0.25, 0.3) is 6.08 Å². The summed E-state index contributed by atoms with van der Waals surface area (Å²) in [6.07, 6.45) is 5.99. The fourth-order valence-corrected chi connectivity index (χ4v) is 0.710. The van der Waals surface area contributed by atoms with E-state index in [1.165, 1.54) is 0 Å². The second kappa shape index (κ2) is 3.01. The van der Waals surface area contributed by atoms with E-state index >= 15 is 0 Å². The van der Waals surface area contributed by atoms with Crippen molar-refractivity contribution in [1.29, 1.82) is 0 Å². The summed E-state index contributed by atoms with van der Waals surface area (Å²) in [6.45, 7) is 1.91. The Bertz CT molecular complexity index is 246. The van der Waals surface area contributed by atoms with E-state index in [0.29, 0.717) is 12.0 Å². The predicted molar refractivity (Wildman–Crippen MR) is 38.8 cm³/mol. The van der Waals surface area contributed by atoms with E-state index < -0.39 is 0 Å². The van der Waals surface area contributed by atoms with Crippen molar-refractivity contribution in [3.63, 3.8) is 0 Å². The van der Waals surface area contributed by atoms with Gasteiger partial charge in [0.05, 0.1) is 6.26 Å². The zero-order chi connectivity index (χ0) is 7.40. The molecule has 0 aromatic carbocycles. The number of furan rings is 1. The summed E-state index contributed by atoms with van der Waals surface area (Å²) >= 11 is 0. The maximum atomic E-state index is 10.1. The molecule has 0 fully saturated rings. The highest BCUT2D eigenvalue weighted by Crippen LogP contribution is 2.06. The van der Waals surface area contributed by atoms with Crippen LogP contribution in [0.4, 0.5) is 0 Å². The lowest BCUT2D eigenvalue weighted by Gasteiger charge is -1.73. The van der Waals surface area contributed by atoms with E-state index in [1.807, 2.05) is 19.1 Å². The van der Waals surface area contributed by atoms with Gasteiger partial charge in [-0.05, 0) is 13.0 Å². The van der Waals surface area contributed by atoms with Crippen molar-refractivity contribution in [3.8, 4) is 0 Å². The highest BCUT2D eigenvalue weighted by molar-refractivity contribution is 5.72. The molecule has 0 spiro atoms. The van der Waals surface area contributed by atoms with Crippen molar-refractivity contribution in [2.75, 3.05) is 0 Å². The first-order valence-corrected chi connectivity index (χ1v) is 3.03. The highest BCUT2D eigenvalue weighted by atomic mass is 16.3. The Morgan fingerprint density at radius 2 is 2.40 bits per heavy atom. The number of carbonyl (C=O) groups is 1. The van der Waals surface area contributed by atoms with Gasteiger partial charge >= 0.3 is 0 Å². The van der Waals surface area contributed by atoms with Crippen LogP contribution in [0.3, 0.4) is 0 Å². The van der Waals surface area contributed by atoms with E-state index in [2.05, 4.69) is 0 Å². The largest absolute Gasteiger partial charge is 0.461 e. The Hall–Kier alpha value is -1.31. The van der Waals surface area contributed by atoms with Gasteiger partial charge in [0.15, 0.2) is 12.0 Å². The lowest BCUT2D eigenvalue weighted by Crippen LogP contribution is -1.67. The van der Waals surface area contributed by atoms with Crippen LogP contribution in [-0.4, -0.2) is 6.29 Å². The van der Waals surface area contributed by atoms with Gasteiger partial charge in [0.25, 0.3) is 0 Å². The molecule has 0 aliphatic carbocycles. The normalized spacial score (nSPS) is 10.5. The number of hydrogen-bond acceptors (Lipinski definition) is 2. The van der Waals surface area contributed by atoms with Crippen molar-refractivity contribution < 1.29 is 9.21 Å². The van der Waals surface area contributed by atoms with Gasteiger partial charge in [-0.25, -0.2) is 0 Å². The second-order valence-corrected chi connectivity index (χ2v) is 1.90. The van der Waals surface area contributed by atoms with Gasteiger partial charge in [0.2, 0.25) is 0 Å². The summed E-state index contributed by atoms with van der Waals surface area (Å²) < 4.78 is 4.85. The standard InChI is InChI=1S/C8H8O2/c1-2-3-7-4-8(5-9)10-6-7/h2-6H,1H3. The minimum absolute atomic E-state index is 0.369. The molecule has 0 radical (unpaired) electrons. The quantitative estimate of drug-likeness (QED) is 0.583. The van der Waals surface area contributed by atoms with Crippen molar-refractivity contribution in [2.45, 2.75) is 6.92 Å². The third-order valence-corrected chi connectivity index (χ3v) is 1.12. The zero-order valence-corrected chi connectivity index (χ0v) is 5.70. The lowest BCUT2D eigenvalue weighted by molar-refractivity contribution is 0.110. The van der Waals surface area contributed by atoms with E-state index in [0.717, 1.165) is 5.56 Å². The van der Waals surface area contributed by atoms with Gasteiger partial charge in [-0.3, -0.25) is 4.79 Å². The first-order chi connectivity index (χ1) is 4.86. The summed E-state index contributed by atoms with van der Waals surface area (Å²) in [4.78, 5) is 10.1. The van der Waals surface area contributed by atoms with Gasteiger partial charge in [0, 0.05) is 5.56 Å². The predicted octanol–water partition coefficient (Wildman–Crippen LogP) is 2.13. The van der Waals surface area contributed by atoms with E-state index in [4.69, 9.17) is 4.42 Å². The Balaban J connectivity index is 2.87. The molecule has 1 aromatic heterocycles. The first-order valence-electron chi connectivity index (χ1n) is 3.03. The third-order valence-electron chi connectivity index (χ3n) is 1.12. The Morgan fingerprint density at radius 1 is 1.60 bits per heavy atom. The van der Waals surface area contributed by atoms with Crippen LogP contribution in [0.1, 0.15) is 23.0 Å². The number of aldehydes is 1. The summed E-state index contributed by atoms with van der Waals surface area (Å²) in [5.74, 6) is 0.369. The number of rotatable bonds is 2. The molecule has 0 N–H and O–H groups in total. The molecule has 0 unspecified atom stereocenters. The number of carbonyl (C=O) groups excluding carboxylic acids is 1. The van der Waals surface area contributed by atoms with Crippen molar-refractivity contribution in [2.24, 2.45) is 0 Å². The Kier molecular flexibility index (Phi) is 2.05. The molecule has 0 saturated heterocycles. The summed E-state index contributed by atoms with van der Waals surface area (Å²) in [6, 6.07) is 1.69. The molecule has 0 atom stereocenters. The van der Waals surface area contributed by atoms with Crippen LogP contribution < -0.4 is 0 Å². The van der Waals surface area contributed by atoms with Crippen LogP contribution >= 0.6 is 0 Å². The molecule has 1 heterocycles. The molecule has 1 aromatic rings. The molecular formula is C8H8O2. The smallest absolute Gasteiger partial charge is 0.185 e. The monoisotopic (exact) mass is 136 g/mol. The number of allylic oxidation sites excluding steroid dienone is 1. The van der Waals surface area contributed by atoms with Crippen LogP contribution in [0.5, 0.6) is 0 Å². The average Bonchev–Trinajstić information content (AvgIpc) is 2.37. The van der Waals surface area contributed by atoms with Gasteiger partial charge in [-0.2, -0.15) is 0 Å². The molecule has 0 aliphatic rings. The lowest BCUT2D eigenvalue weighted by atomic mass is 10.3. The first kappa shape index (κ1) is 6.81. The van der Waals surface area contributed by atoms with E-state index in [1.54, 1.807) is 12.3 Å². The molecule has 10 heavy (non-hydrogen) atoms.